The Hall–Kier alpha value is -0.780. The first-order chi connectivity index (χ1) is 11.9. The van der Waals surface area contributed by atoms with Gasteiger partial charge in [-0.05, 0) is 30.4 Å². The van der Waals surface area contributed by atoms with Gasteiger partial charge in [0.1, 0.15) is 0 Å². The van der Waals surface area contributed by atoms with Crippen LogP contribution in [0.2, 0.25) is 0 Å². The van der Waals surface area contributed by atoms with E-state index in [-0.39, 0.29) is 0 Å². The molecule has 138 valence electrons. The molecule has 0 aliphatic rings. The summed E-state index contributed by atoms with van der Waals surface area (Å²) in [5, 5.41) is 0. The van der Waals surface area contributed by atoms with Gasteiger partial charge in [0.2, 0.25) is 0 Å². The average Bonchev–Trinajstić information content (AvgIpc) is 2.62. The molecule has 1 rings (SSSR count). The standard InChI is InChI=1S/C24H42/c1-3-5-6-7-8-9-10-11-12-13-14-15-16-17-21-24-22-19-18-20-23(24)4-2/h18-20,22H,3-17,21H2,1-2H3. The Bertz CT molecular complexity index is 379. The van der Waals surface area contributed by atoms with E-state index in [1.165, 1.54) is 103 Å². The number of benzene rings is 1. The average molecular weight is 331 g/mol. The molecule has 1 aromatic carbocycles. The van der Waals surface area contributed by atoms with Crippen LogP contribution in [0, 0.1) is 0 Å². The van der Waals surface area contributed by atoms with Crippen molar-refractivity contribution in [2.24, 2.45) is 0 Å². The van der Waals surface area contributed by atoms with Crippen LogP contribution in [0.15, 0.2) is 24.3 Å². The highest BCUT2D eigenvalue weighted by atomic mass is 14.1. The van der Waals surface area contributed by atoms with Gasteiger partial charge < -0.3 is 0 Å². The predicted molar refractivity (Wildman–Crippen MR) is 110 cm³/mol. The SMILES string of the molecule is CCCCCCCCCCCCCCCCc1ccccc1CC. The molecule has 24 heavy (non-hydrogen) atoms. The van der Waals surface area contributed by atoms with Crippen LogP contribution in [-0.2, 0) is 12.8 Å². The zero-order chi connectivity index (χ0) is 17.3. The maximum atomic E-state index is 2.32. The van der Waals surface area contributed by atoms with Gasteiger partial charge in [-0.25, -0.2) is 0 Å². The first-order valence-corrected chi connectivity index (χ1v) is 10.9. The van der Waals surface area contributed by atoms with Gasteiger partial charge >= 0.3 is 0 Å². The van der Waals surface area contributed by atoms with Gasteiger partial charge in [0, 0.05) is 0 Å². The second kappa shape index (κ2) is 15.7. The van der Waals surface area contributed by atoms with Gasteiger partial charge in [-0.3, -0.25) is 0 Å². The fraction of sp³-hybridized carbons (Fsp3) is 0.750. The maximum absolute atomic E-state index is 2.32. The van der Waals surface area contributed by atoms with Gasteiger partial charge in [0.15, 0.2) is 0 Å². The van der Waals surface area contributed by atoms with Crippen LogP contribution in [-0.4, -0.2) is 0 Å². The van der Waals surface area contributed by atoms with Crippen LogP contribution < -0.4 is 0 Å². The van der Waals surface area contributed by atoms with Crippen molar-refractivity contribution in [2.45, 2.75) is 117 Å². The molecule has 0 nitrogen and oxygen atoms in total. The van der Waals surface area contributed by atoms with Gasteiger partial charge in [0.25, 0.3) is 0 Å². The molecule has 0 heteroatoms. The molecule has 0 amide bonds. The highest BCUT2D eigenvalue weighted by Crippen LogP contribution is 2.16. The van der Waals surface area contributed by atoms with Crippen molar-refractivity contribution in [2.75, 3.05) is 0 Å². The third-order valence-corrected chi connectivity index (χ3v) is 5.30. The van der Waals surface area contributed by atoms with Crippen molar-refractivity contribution >= 4 is 0 Å². The summed E-state index contributed by atoms with van der Waals surface area (Å²) in [7, 11) is 0. The summed E-state index contributed by atoms with van der Waals surface area (Å²) in [6.45, 7) is 4.56. The Balaban J connectivity index is 1.84. The molecule has 0 spiro atoms. The lowest BCUT2D eigenvalue weighted by molar-refractivity contribution is 0.535. The smallest absolute Gasteiger partial charge is 0.0276 e. The van der Waals surface area contributed by atoms with E-state index < -0.39 is 0 Å². The minimum Gasteiger partial charge on any atom is -0.0654 e. The molecule has 0 unspecified atom stereocenters. The minimum atomic E-state index is 1.18. The molecule has 0 saturated heterocycles. The normalized spacial score (nSPS) is 11.1. The summed E-state index contributed by atoms with van der Waals surface area (Å²) >= 11 is 0. The second-order valence-corrected chi connectivity index (χ2v) is 7.47. The van der Waals surface area contributed by atoms with Crippen molar-refractivity contribution < 1.29 is 0 Å². The zero-order valence-corrected chi connectivity index (χ0v) is 16.6. The Kier molecular flexibility index (Phi) is 13.9. The highest BCUT2D eigenvalue weighted by molar-refractivity contribution is 5.26. The van der Waals surface area contributed by atoms with E-state index in [9.17, 15) is 0 Å². The Labute approximate surface area is 152 Å². The van der Waals surface area contributed by atoms with Crippen molar-refractivity contribution in [3.63, 3.8) is 0 Å². The third-order valence-electron chi connectivity index (χ3n) is 5.30. The fourth-order valence-corrected chi connectivity index (χ4v) is 3.66. The maximum Gasteiger partial charge on any atom is -0.0276 e. The van der Waals surface area contributed by atoms with E-state index in [4.69, 9.17) is 0 Å². The molecule has 0 bridgehead atoms. The third kappa shape index (κ3) is 10.9. The summed E-state index contributed by atoms with van der Waals surface area (Å²) in [4.78, 5) is 0. The van der Waals surface area contributed by atoms with Crippen LogP contribution in [0.25, 0.3) is 0 Å². The molecule has 0 atom stereocenters. The lowest BCUT2D eigenvalue weighted by Crippen LogP contribution is -1.92. The topological polar surface area (TPSA) is 0 Å². The summed E-state index contributed by atoms with van der Waals surface area (Å²) in [6.07, 6.45) is 22.7. The summed E-state index contributed by atoms with van der Waals surface area (Å²) < 4.78 is 0. The molecule has 1 aromatic rings. The number of unbranched alkanes of at least 4 members (excludes halogenated alkanes) is 13. The van der Waals surface area contributed by atoms with E-state index in [0.717, 1.165) is 0 Å². The molecule has 0 fully saturated rings. The van der Waals surface area contributed by atoms with E-state index in [1.54, 1.807) is 11.1 Å². The summed E-state index contributed by atoms with van der Waals surface area (Å²) in [6, 6.07) is 8.98. The van der Waals surface area contributed by atoms with Crippen LogP contribution >= 0.6 is 0 Å². The largest absolute Gasteiger partial charge is 0.0654 e. The number of aryl methyl sites for hydroxylation is 2. The lowest BCUT2D eigenvalue weighted by atomic mass is 9.99. The van der Waals surface area contributed by atoms with E-state index in [0.29, 0.717) is 0 Å². The van der Waals surface area contributed by atoms with E-state index in [2.05, 4.69) is 38.1 Å². The first kappa shape index (κ1) is 21.3. The van der Waals surface area contributed by atoms with Gasteiger partial charge in [0.05, 0.1) is 0 Å². The molecular weight excluding hydrogens is 288 g/mol. The van der Waals surface area contributed by atoms with Gasteiger partial charge in [-0.2, -0.15) is 0 Å². The quantitative estimate of drug-likeness (QED) is 0.267. The Morgan fingerprint density at radius 1 is 0.500 bits per heavy atom. The molecule has 0 aromatic heterocycles. The van der Waals surface area contributed by atoms with Crippen molar-refractivity contribution in [1.29, 1.82) is 0 Å². The fourth-order valence-electron chi connectivity index (χ4n) is 3.66. The summed E-state index contributed by atoms with van der Waals surface area (Å²) in [5.74, 6) is 0. The Morgan fingerprint density at radius 3 is 1.38 bits per heavy atom. The first-order valence-electron chi connectivity index (χ1n) is 10.9. The number of rotatable bonds is 16. The molecule has 0 radical (unpaired) electrons. The summed E-state index contributed by atoms with van der Waals surface area (Å²) in [5.41, 5.74) is 3.13. The van der Waals surface area contributed by atoms with E-state index >= 15 is 0 Å². The molecular formula is C24H42. The minimum absolute atomic E-state index is 1.18. The highest BCUT2D eigenvalue weighted by Gasteiger charge is 1.99. The molecule has 0 saturated carbocycles. The van der Waals surface area contributed by atoms with Crippen molar-refractivity contribution in [3.8, 4) is 0 Å². The second-order valence-electron chi connectivity index (χ2n) is 7.47. The van der Waals surface area contributed by atoms with Crippen LogP contribution in [0.1, 0.15) is 115 Å². The van der Waals surface area contributed by atoms with Crippen LogP contribution in [0.4, 0.5) is 0 Å². The molecule has 0 N–H and O–H groups in total. The Morgan fingerprint density at radius 2 is 0.917 bits per heavy atom. The lowest BCUT2D eigenvalue weighted by Gasteiger charge is -2.07. The molecule has 0 aliphatic carbocycles. The van der Waals surface area contributed by atoms with Gasteiger partial charge in [-0.15, -0.1) is 0 Å². The van der Waals surface area contributed by atoms with Crippen molar-refractivity contribution in [3.05, 3.63) is 35.4 Å². The van der Waals surface area contributed by atoms with E-state index in [1.807, 2.05) is 0 Å². The number of hydrogen-bond donors (Lipinski definition) is 0. The monoisotopic (exact) mass is 330 g/mol. The molecule has 0 heterocycles. The molecule has 0 aliphatic heterocycles. The number of hydrogen-bond acceptors (Lipinski definition) is 0. The van der Waals surface area contributed by atoms with Crippen LogP contribution in [0.5, 0.6) is 0 Å². The predicted octanol–water partition coefficient (Wildman–Crippen LogP) is 8.27. The zero-order valence-electron chi connectivity index (χ0n) is 16.6. The van der Waals surface area contributed by atoms with Gasteiger partial charge in [-0.1, -0.05) is 122 Å². The van der Waals surface area contributed by atoms with Crippen LogP contribution in [0.3, 0.4) is 0 Å². The van der Waals surface area contributed by atoms with Crippen molar-refractivity contribution in [1.82, 2.24) is 0 Å².